The van der Waals surface area contributed by atoms with Crippen molar-refractivity contribution in [2.45, 2.75) is 36.4 Å². The fourth-order valence-electron chi connectivity index (χ4n) is 3.09. The Hall–Kier alpha value is -2.84. The molecule has 2 aliphatic heterocycles. The summed E-state index contributed by atoms with van der Waals surface area (Å²) in [4.78, 5) is 59.3. The van der Waals surface area contributed by atoms with Crippen LogP contribution in [-0.2, 0) is 28.7 Å². The van der Waals surface area contributed by atoms with Crippen molar-refractivity contribution in [2.24, 2.45) is 11.5 Å². The first-order chi connectivity index (χ1) is 14.0. The third kappa shape index (κ3) is 4.49. The Kier molecular flexibility index (Phi) is 7.28. The molecule has 2 rings (SSSR count). The largest absolute Gasteiger partial charge is 0.480 e. The number of ether oxygens (including phenoxy) is 2. The maximum absolute atomic E-state index is 12.8. The van der Waals surface area contributed by atoms with E-state index in [2.05, 4.69) is 10.1 Å². The van der Waals surface area contributed by atoms with Crippen molar-refractivity contribution in [3.8, 4) is 0 Å². The zero-order chi connectivity index (χ0) is 22.6. The van der Waals surface area contributed by atoms with Crippen LogP contribution in [-0.4, -0.2) is 81.6 Å². The van der Waals surface area contributed by atoms with Gasteiger partial charge in [0.1, 0.15) is 23.7 Å². The van der Waals surface area contributed by atoms with E-state index in [1.165, 1.54) is 7.11 Å². The Morgan fingerprint density at radius 3 is 2.57 bits per heavy atom. The van der Waals surface area contributed by atoms with Gasteiger partial charge in [0.15, 0.2) is 0 Å². The van der Waals surface area contributed by atoms with Crippen LogP contribution in [0.3, 0.4) is 0 Å². The molecule has 2 heterocycles. The number of carbonyl (C=O) groups excluding carboxylic acids is 3. The highest BCUT2D eigenvalue weighted by Gasteiger charge is 2.66. The summed E-state index contributed by atoms with van der Waals surface area (Å²) in [6.45, 7) is -0.392. The molecule has 7 N–H and O–H groups in total. The highest BCUT2D eigenvalue weighted by molar-refractivity contribution is 8.00. The van der Waals surface area contributed by atoms with Crippen LogP contribution in [0.5, 0.6) is 0 Å². The van der Waals surface area contributed by atoms with Crippen molar-refractivity contribution in [1.82, 2.24) is 10.2 Å². The zero-order valence-corrected chi connectivity index (χ0v) is 16.8. The van der Waals surface area contributed by atoms with E-state index in [1.54, 1.807) is 0 Å². The number of carbonyl (C=O) groups is 5. The second kappa shape index (κ2) is 9.32. The van der Waals surface area contributed by atoms with Gasteiger partial charge in [-0.05, 0) is 12.8 Å². The van der Waals surface area contributed by atoms with E-state index in [0.29, 0.717) is 0 Å². The predicted octanol–water partition coefficient (Wildman–Crippen LogP) is -1.62. The zero-order valence-electron chi connectivity index (χ0n) is 16.0. The van der Waals surface area contributed by atoms with E-state index in [-0.39, 0.29) is 36.3 Å². The fraction of sp³-hybridized carbons (Fsp3) is 0.562. The topological polar surface area (TPSA) is 212 Å². The number of fused-ring (bicyclic) bond motifs is 1. The lowest BCUT2D eigenvalue weighted by atomic mass is 9.97. The van der Waals surface area contributed by atoms with Crippen LogP contribution in [0.25, 0.3) is 0 Å². The monoisotopic (exact) mass is 446 g/mol. The van der Waals surface area contributed by atoms with Crippen molar-refractivity contribution in [2.75, 3.05) is 19.5 Å². The van der Waals surface area contributed by atoms with Crippen molar-refractivity contribution in [3.05, 3.63) is 11.3 Å². The first-order valence-electron chi connectivity index (χ1n) is 8.72. The number of β-lactam (4-membered cyclic amide) rings is 1. The first kappa shape index (κ1) is 23.4. The van der Waals surface area contributed by atoms with Gasteiger partial charge in [0.25, 0.3) is 11.6 Å². The molecule has 0 spiro atoms. The van der Waals surface area contributed by atoms with Crippen molar-refractivity contribution >= 4 is 41.6 Å². The summed E-state index contributed by atoms with van der Waals surface area (Å²) in [5, 5.41) is 19.9. The molecule has 0 unspecified atom stereocenters. The predicted molar refractivity (Wildman–Crippen MR) is 101 cm³/mol. The second-order valence-corrected chi connectivity index (χ2v) is 7.60. The molecule has 166 valence electrons. The van der Waals surface area contributed by atoms with Crippen LogP contribution in [0, 0.1) is 0 Å². The second-order valence-electron chi connectivity index (χ2n) is 6.53. The number of primary amides is 1. The molecule has 0 bridgehead atoms. The number of nitrogens with zero attached hydrogens (tertiary/aromatic N) is 1. The molecule has 1 saturated heterocycles. The Balaban J connectivity index is 2.11. The van der Waals surface area contributed by atoms with Gasteiger partial charge in [-0.25, -0.2) is 9.59 Å². The minimum absolute atomic E-state index is 0.0656. The van der Waals surface area contributed by atoms with Gasteiger partial charge in [0, 0.05) is 24.9 Å². The van der Waals surface area contributed by atoms with Gasteiger partial charge in [0.05, 0.1) is 0 Å². The summed E-state index contributed by atoms with van der Waals surface area (Å²) in [6.07, 6.45) is -0.953. The van der Waals surface area contributed by atoms with Crippen LogP contribution in [0.1, 0.15) is 19.3 Å². The average Bonchev–Trinajstić information content (AvgIpc) is 2.68. The minimum atomic E-state index is -1.77. The number of carboxylic acids is 2. The Bertz CT molecular complexity index is 802. The standard InChI is InChI=1S/C16H22N4O9S/c1-28-16(19-9(21)4-2-3-8(17)11(22)23)13(26)20-10(12(24)25)7(5-29-15(18)27)6-30-14(16)20/h8,14H,2-6,17H2,1H3,(H2,18,27)(H,19,21)(H,22,23)(H,24,25)/t8-,14-,16-/m0/s1. The third-order valence-electron chi connectivity index (χ3n) is 4.58. The molecule has 0 aliphatic carbocycles. The maximum Gasteiger partial charge on any atom is 0.404 e. The third-order valence-corrected chi connectivity index (χ3v) is 5.96. The normalized spacial score (nSPS) is 23.9. The van der Waals surface area contributed by atoms with E-state index in [4.69, 9.17) is 21.3 Å². The number of nitrogens with one attached hydrogen (secondary N) is 1. The number of hydrogen-bond acceptors (Lipinski definition) is 9. The lowest BCUT2D eigenvalue weighted by Gasteiger charge is -2.55. The van der Waals surface area contributed by atoms with Crippen LogP contribution in [0.15, 0.2) is 11.3 Å². The van der Waals surface area contributed by atoms with Crippen LogP contribution >= 0.6 is 11.8 Å². The molecule has 0 radical (unpaired) electrons. The lowest BCUT2D eigenvalue weighted by molar-refractivity contribution is -0.192. The molecule has 30 heavy (non-hydrogen) atoms. The minimum Gasteiger partial charge on any atom is -0.480 e. The molecule has 3 atom stereocenters. The number of amides is 3. The lowest BCUT2D eigenvalue weighted by Crippen LogP contribution is -2.80. The number of carboxylic acid groups (broad SMARTS) is 2. The first-order valence-corrected chi connectivity index (χ1v) is 9.77. The molecule has 13 nitrogen and oxygen atoms in total. The Morgan fingerprint density at radius 1 is 1.37 bits per heavy atom. The summed E-state index contributed by atoms with van der Waals surface area (Å²) >= 11 is 1.12. The molecule has 14 heteroatoms. The summed E-state index contributed by atoms with van der Waals surface area (Å²) in [5.41, 5.74) is 8.33. The summed E-state index contributed by atoms with van der Waals surface area (Å²) in [6, 6.07) is -1.10. The van der Waals surface area contributed by atoms with Gasteiger partial charge in [-0.15, -0.1) is 11.8 Å². The highest BCUT2D eigenvalue weighted by atomic mass is 32.2. The van der Waals surface area contributed by atoms with Crippen LogP contribution in [0.4, 0.5) is 4.79 Å². The van der Waals surface area contributed by atoms with E-state index in [0.717, 1.165) is 16.7 Å². The SMILES string of the molecule is CO[C@@]1(NC(=O)CCC[C@H](N)C(=O)O)C(=O)N2C(C(=O)O)=C(COC(N)=O)CS[C@H]21. The molecule has 2 aliphatic rings. The van der Waals surface area contributed by atoms with E-state index in [1.807, 2.05) is 0 Å². The van der Waals surface area contributed by atoms with E-state index in [9.17, 15) is 29.1 Å². The molecule has 3 amide bonds. The molecule has 0 saturated carbocycles. The Labute approximate surface area is 174 Å². The number of methoxy groups -OCH3 is 1. The quantitative estimate of drug-likeness (QED) is 0.190. The van der Waals surface area contributed by atoms with E-state index >= 15 is 0 Å². The van der Waals surface area contributed by atoms with Crippen LogP contribution < -0.4 is 16.8 Å². The summed E-state index contributed by atoms with van der Waals surface area (Å²) < 4.78 is 9.91. The smallest absolute Gasteiger partial charge is 0.404 e. The van der Waals surface area contributed by atoms with Crippen molar-refractivity contribution in [3.63, 3.8) is 0 Å². The van der Waals surface area contributed by atoms with Gasteiger partial charge in [-0.2, -0.15) is 0 Å². The van der Waals surface area contributed by atoms with Gasteiger partial charge in [0.2, 0.25) is 5.91 Å². The molecule has 1 fully saturated rings. The number of aliphatic carboxylic acids is 2. The van der Waals surface area contributed by atoms with Crippen LogP contribution in [0.2, 0.25) is 0 Å². The highest BCUT2D eigenvalue weighted by Crippen LogP contribution is 2.46. The van der Waals surface area contributed by atoms with E-state index < -0.39 is 53.6 Å². The van der Waals surface area contributed by atoms with Gasteiger partial charge in [-0.3, -0.25) is 19.3 Å². The molecule has 0 aromatic rings. The number of thioether (sulfide) groups is 1. The summed E-state index contributed by atoms with van der Waals surface area (Å²) in [5.74, 6) is -3.87. The number of hydrogen-bond donors (Lipinski definition) is 5. The van der Waals surface area contributed by atoms with Gasteiger partial charge in [-0.1, -0.05) is 0 Å². The van der Waals surface area contributed by atoms with Gasteiger partial charge >= 0.3 is 18.0 Å². The number of rotatable bonds is 10. The van der Waals surface area contributed by atoms with Crippen molar-refractivity contribution < 1.29 is 43.7 Å². The molecular formula is C16H22N4O9S. The molecular weight excluding hydrogens is 424 g/mol. The maximum atomic E-state index is 12.8. The summed E-state index contributed by atoms with van der Waals surface area (Å²) in [7, 11) is 1.20. The van der Waals surface area contributed by atoms with Gasteiger partial charge < -0.3 is 36.5 Å². The average molecular weight is 446 g/mol. The molecule has 0 aromatic carbocycles. The molecule has 0 aromatic heterocycles. The Morgan fingerprint density at radius 2 is 2.03 bits per heavy atom. The number of nitrogens with two attached hydrogens (primary N) is 2. The van der Waals surface area contributed by atoms with Crippen molar-refractivity contribution in [1.29, 1.82) is 0 Å². The fourth-order valence-corrected chi connectivity index (χ4v) is 4.51.